The molecular weight excluding hydrogens is 247 g/mol. The highest BCUT2D eigenvalue weighted by molar-refractivity contribution is 7.89. The Labute approximate surface area is 98.7 Å². The molecule has 1 rings (SSSR count). The van der Waals surface area contributed by atoms with Crippen molar-refractivity contribution in [1.29, 1.82) is 5.26 Å². The van der Waals surface area contributed by atoms with Crippen molar-refractivity contribution in [3.8, 4) is 11.8 Å². The van der Waals surface area contributed by atoms with Crippen LogP contribution in [0.1, 0.15) is 12.0 Å². The van der Waals surface area contributed by atoms with E-state index in [1.54, 1.807) is 6.07 Å². The molecule has 0 atom stereocenters. The lowest BCUT2D eigenvalue weighted by atomic mass is 10.2. The summed E-state index contributed by atoms with van der Waals surface area (Å²) in [6.07, 6.45) is 0.181. The van der Waals surface area contributed by atoms with Crippen LogP contribution in [0.15, 0.2) is 18.2 Å². The van der Waals surface area contributed by atoms with Crippen molar-refractivity contribution >= 4 is 10.0 Å². The molecule has 0 bridgehead atoms. The molecule has 0 aliphatic heterocycles. The van der Waals surface area contributed by atoms with Gasteiger partial charge < -0.3 is 4.74 Å². The van der Waals surface area contributed by atoms with Gasteiger partial charge in [-0.2, -0.15) is 5.26 Å². The Morgan fingerprint density at radius 1 is 1.47 bits per heavy atom. The molecule has 7 heteroatoms. The van der Waals surface area contributed by atoms with E-state index < -0.39 is 15.8 Å². The van der Waals surface area contributed by atoms with Crippen molar-refractivity contribution in [2.75, 3.05) is 12.4 Å². The number of rotatable bonds is 5. The fraction of sp³-hybridized carbons (Fsp3) is 0.300. The van der Waals surface area contributed by atoms with Gasteiger partial charge in [-0.1, -0.05) is 6.07 Å². The van der Waals surface area contributed by atoms with E-state index in [1.807, 2.05) is 0 Å². The highest BCUT2D eigenvalue weighted by atomic mass is 32.2. The molecular formula is C10H11FN2O3S. The number of sulfonamides is 1. The summed E-state index contributed by atoms with van der Waals surface area (Å²) in [6, 6.07) is 5.68. The minimum atomic E-state index is -3.52. The third kappa shape index (κ3) is 4.38. The van der Waals surface area contributed by atoms with Crippen LogP contribution >= 0.6 is 0 Å². The average Bonchev–Trinajstić information content (AvgIpc) is 2.23. The third-order valence-electron chi connectivity index (χ3n) is 1.92. The van der Waals surface area contributed by atoms with Crippen LogP contribution in [0.2, 0.25) is 0 Å². The molecule has 0 fully saturated rings. The van der Waals surface area contributed by atoms with E-state index in [2.05, 4.69) is 0 Å². The van der Waals surface area contributed by atoms with E-state index in [9.17, 15) is 12.8 Å². The van der Waals surface area contributed by atoms with Gasteiger partial charge >= 0.3 is 0 Å². The first-order valence-electron chi connectivity index (χ1n) is 4.76. The molecule has 1 aromatic carbocycles. The lowest BCUT2D eigenvalue weighted by Gasteiger charge is -2.07. The minimum absolute atomic E-state index is 0.0502. The molecule has 0 saturated heterocycles. The predicted molar refractivity (Wildman–Crippen MR) is 59.2 cm³/mol. The van der Waals surface area contributed by atoms with Crippen molar-refractivity contribution in [1.82, 2.24) is 0 Å². The van der Waals surface area contributed by atoms with E-state index in [4.69, 9.17) is 15.1 Å². The summed E-state index contributed by atoms with van der Waals surface area (Å²) in [7, 11) is -3.52. The second-order valence-electron chi connectivity index (χ2n) is 3.29. The third-order valence-corrected chi connectivity index (χ3v) is 2.78. The highest BCUT2D eigenvalue weighted by Crippen LogP contribution is 2.20. The first-order valence-corrected chi connectivity index (χ1v) is 6.47. The number of nitrogens with zero attached hydrogens (tertiary/aromatic N) is 1. The molecule has 1 aromatic rings. The van der Waals surface area contributed by atoms with Gasteiger partial charge in [-0.15, -0.1) is 0 Å². The van der Waals surface area contributed by atoms with E-state index in [0.717, 1.165) is 6.07 Å². The summed E-state index contributed by atoms with van der Waals surface area (Å²) in [5, 5.41) is 13.5. The number of halogens is 1. The zero-order valence-corrected chi connectivity index (χ0v) is 9.71. The highest BCUT2D eigenvalue weighted by Gasteiger charge is 2.09. The van der Waals surface area contributed by atoms with Gasteiger partial charge in [-0.25, -0.2) is 17.9 Å². The van der Waals surface area contributed by atoms with Crippen LogP contribution in [0.3, 0.4) is 0 Å². The van der Waals surface area contributed by atoms with Gasteiger partial charge in [0.15, 0.2) is 0 Å². The van der Waals surface area contributed by atoms with Gasteiger partial charge in [0.05, 0.1) is 12.4 Å². The molecule has 0 saturated carbocycles. The maximum atomic E-state index is 13.1. The Morgan fingerprint density at radius 2 is 2.18 bits per heavy atom. The van der Waals surface area contributed by atoms with Crippen molar-refractivity contribution in [2.45, 2.75) is 6.42 Å². The topological polar surface area (TPSA) is 93.2 Å². The van der Waals surface area contributed by atoms with E-state index in [1.165, 1.54) is 12.1 Å². The van der Waals surface area contributed by atoms with Crippen molar-refractivity contribution in [3.05, 3.63) is 29.6 Å². The SMILES string of the molecule is N#Cc1c(F)cccc1OCCCS(N)(=O)=O. The Hall–Kier alpha value is -1.65. The Bertz CT molecular complexity index is 537. The zero-order chi connectivity index (χ0) is 12.9. The summed E-state index contributed by atoms with van der Waals surface area (Å²) in [4.78, 5) is 0. The van der Waals surface area contributed by atoms with Crippen LogP contribution in [0.5, 0.6) is 5.75 Å². The standard InChI is InChI=1S/C10H11FN2O3S/c11-9-3-1-4-10(8(9)7-12)16-5-2-6-17(13,14)15/h1,3-4H,2,5-6H2,(H2,13,14,15). The maximum Gasteiger partial charge on any atom is 0.209 e. The van der Waals surface area contributed by atoms with Crippen LogP contribution in [0.25, 0.3) is 0 Å². The van der Waals surface area contributed by atoms with Crippen LogP contribution in [0, 0.1) is 17.1 Å². The lowest BCUT2D eigenvalue weighted by Crippen LogP contribution is -2.18. The number of ether oxygens (including phenoxy) is 1. The van der Waals surface area contributed by atoms with Crippen molar-refractivity contribution in [2.24, 2.45) is 5.14 Å². The first-order chi connectivity index (χ1) is 7.94. The van der Waals surface area contributed by atoms with Crippen LogP contribution in [0.4, 0.5) is 4.39 Å². The molecule has 0 heterocycles. The largest absolute Gasteiger partial charge is 0.492 e. The summed E-state index contributed by atoms with van der Waals surface area (Å²) >= 11 is 0. The predicted octanol–water partition coefficient (Wildman–Crippen LogP) is 0.755. The van der Waals surface area contributed by atoms with Gasteiger partial charge in [0, 0.05) is 0 Å². The summed E-state index contributed by atoms with van der Waals surface area (Å²) in [5.74, 6) is -0.789. The summed E-state index contributed by atoms with van der Waals surface area (Å²) < 4.78 is 39.5. The van der Waals surface area contributed by atoms with Crippen LogP contribution in [-0.4, -0.2) is 20.8 Å². The van der Waals surface area contributed by atoms with E-state index in [-0.39, 0.29) is 30.1 Å². The zero-order valence-electron chi connectivity index (χ0n) is 8.89. The summed E-state index contributed by atoms with van der Waals surface area (Å²) in [6.45, 7) is 0.0502. The second kappa shape index (κ2) is 5.61. The smallest absolute Gasteiger partial charge is 0.209 e. The number of hydrogen-bond acceptors (Lipinski definition) is 4. The normalized spacial score (nSPS) is 10.9. The van der Waals surface area contributed by atoms with E-state index >= 15 is 0 Å². The van der Waals surface area contributed by atoms with Gasteiger partial charge in [0.1, 0.15) is 23.2 Å². The van der Waals surface area contributed by atoms with Crippen molar-refractivity contribution in [3.63, 3.8) is 0 Å². The fourth-order valence-electron chi connectivity index (χ4n) is 1.18. The quantitative estimate of drug-likeness (QED) is 0.789. The molecule has 0 radical (unpaired) electrons. The van der Waals surface area contributed by atoms with Crippen molar-refractivity contribution < 1.29 is 17.5 Å². The number of nitriles is 1. The van der Waals surface area contributed by atoms with Gasteiger partial charge in [0.2, 0.25) is 10.0 Å². The molecule has 0 aromatic heterocycles. The Morgan fingerprint density at radius 3 is 2.76 bits per heavy atom. The minimum Gasteiger partial charge on any atom is -0.492 e. The maximum absolute atomic E-state index is 13.1. The van der Waals surface area contributed by atoms with Gasteiger partial charge in [-0.3, -0.25) is 0 Å². The number of benzene rings is 1. The monoisotopic (exact) mass is 258 g/mol. The van der Waals surface area contributed by atoms with E-state index in [0.29, 0.717) is 0 Å². The molecule has 0 unspecified atom stereocenters. The Kier molecular flexibility index (Phi) is 4.43. The number of primary sulfonamides is 1. The molecule has 0 aliphatic carbocycles. The molecule has 0 spiro atoms. The number of nitrogens with two attached hydrogens (primary N) is 1. The number of hydrogen-bond donors (Lipinski definition) is 1. The summed E-state index contributed by atoms with van der Waals surface area (Å²) in [5.41, 5.74) is -0.192. The lowest BCUT2D eigenvalue weighted by molar-refractivity contribution is 0.315. The van der Waals surface area contributed by atoms with Gasteiger partial charge in [-0.05, 0) is 18.6 Å². The molecule has 5 nitrogen and oxygen atoms in total. The van der Waals surface area contributed by atoms with Crippen LogP contribution in [-0.2, 0) is 10.0 Å². The van der Waals surface area contributed by atoms with Gasteiger partial charge in [0.25, 0.3) is 0 Å². The molecule has 17 heavy (non-hydrogen) atoms. The molecule has 92 valence electrons. The molecule has 0 amide bonds. The van der Waals surface area contributed by atoms with Crippen LogP contribution < -0.4 is 9.88 Å². The second-order valence-corrected chi connectivity index (χ2v) is 5.03. The molecule has 0 aliphatic rings. The fourth-order valence-corrected chi connectivity index (χ4v) is 1.70. The molecule has 2 N–H and O–H groups in total. The average molecular weight is 258 g/mol. The Balaban J connectivity index is 2.59. The first kappa shape index (κ1) is 13.4.